The molecule has 154 valence electrons. The Hall–Kier alpha value is 1.28. The number of carbonyl (C=O) groups is 1. The molecule has 0 saturated carbocycles. The quantitative estimate of drug-likeness (QED) is 0.161. The minimum Gasteiger partial charge on any atom is -0.506 e. The van der Waals surface area contributed by atoms with E-state index in [2.05, 4.69) is 0 Å². The van der Waals surface area contributed by atoms with Crippen molar-refractivity contribution in [3.8, 4) is 28.2 Å². The van der Waals surface area contributed by atoms with Crippen molar-refractivity contribution in [2.45, 2.75) is 0 Å². The van der Waals surface area contributed by atoms with Gasteiger partial charge >= 0.3 is 65.1 Å². The van der Waals surface area contributed by atoms with Crippen molar-refractivity contribution in [1.29, 1.82) is 0 Å². The molecule has 12 heteroatoms. The first-order valence-electron chi connectivity index (χ1n) is 8.00. The Labute approximate surface area is 281 Å². The molecule has 6 nitrogen and oxygen atoms in total. The number of benzene rings is 3. The van der Waals surface area contributed by atoms with Crippen molar-refractivity contribution in [2.75, 3.05) is 0 Å². The van der Waals surface area contributed by atoms with Crippen molar-refractivity contribution in [3.63, 3.8) is 0 Å². The van der Waals surface area contributed by atoms with E-state index in [0.717, 1.165) is 0 Å². The number of phenols is 1. The summed E-state index contributed by atoms with van der Waals surface area (Å²) in [5, 5.41) is 20.8. The number of carboxylic acids is 1. The molecule has 1 aliphatic heterocycles. The predicted octanol–water partition coefficient (Wildman–Crippen LogP) is -0.430. The number of phenolic OH excluding ortho intramolecular Hbond substituents is 1. The van der Waals surface area contributed by atoms with Crippen LogP contribution in [-0.2, 0) is 0 Å². The van der Waals surface area contributed by atoms with Crippen LogP contribution in [0.3, 0.4) is 0 Å². The van der Waals surface area contributed by atoms with E-state index >= 15 is 0 Å². The molecular weight excluding hydrogens is 890 g/mol. The summed E-state index contributed by atoms with van der Waals surface area (Å²) in [6, 6.07) is 10.2. The smallest absolute Gasteiger partial charge is 0.506 e. The SMILES string of the molecule is O.O=C(O)c1ccccc1-c1c2cc(I)c(=O)c(I)c-2oc2c(I)c(O)c(I)cc12.[Na+].[Na+]. The van der Waals surface area contributed by atoms with Crippen LogP contribution in [0, 0.1) is 14.3 Å². The third kappa shape index (κ3) is 5.49. The molecule has 0 aromatic heterocycles. The monoisotopic (exact) mass is 900 g/mol. The van der Waals surface area contributed by atoms with Gasteiger partial charge in [-0.3, -0.25) is 4.79 Å². The van der Waals surface area contributed by atoms with Crippen LogP contribution >= 0.6 is 90.4 Å². The van der Waals surface area contributed by atoms with Crippen LogP contribution in [0.15, 0.2) is 45.6 Å². The van der Waals surface area contributed by atoms with Gasteiger partial charge in [0.05, 0.1) is 16.3 Å². The van der Waals surface area contributed by atoms with Crippen LogP contribution in [0.4, 0.5) is 0 Å². The predicted molar refractivity (Wildman–Crippen MR) is 148 cm³/mol. The van der Waals surface area contributed by atoms with Crippen LogP contribution in [0.5, 0.6) is 5.75 Å². The van der Waals surface area contributed by atoms with Crippen molar-refractivity contribution in [2.24, 2.45) is 0 Å². The Balaban J connectivity index is 0.00000171. The molecule has 1 aliphatic carbocycles. The number of hydrogen-bond donors (Lipinski definition) is 2. The summed E-state index contributed by atoms with van der Waals surface area (Å²) in [6.07, 6.45) is 0. The number of hydrogen-bond acceptors (Lipinski definition) is 4. The van der Waals surface area contributed by atoms with Crippen LogP contribution in [0.25, 0.3) is 33.4 Å². The Morgan fingerprint density at radius 1 is 0.906 bits per heavy atom. The molecule has 2 aromatic rings. The molecule has 2 aliphatic rings. The molecule has 0 radical (unpaired) electrons. The number of aromatic hydroxyl groups is 1. The van der Waals surface area contributed by atoms with Crippen LogP contribution < -0.4 is 64.5 Å². The third-order valence-corrected chi connectivity index (χ3v) is 8.05. The standard InChI is InChI=1S/C20H8I4O5.2Na.H2O/c21-11-5-9-13(7-3-1-2-4-8(7)20(27)28)10-6-12(22)17(26)15(24)19(10)29-18(9)14(23)16(11)25;;;/h1-6,25H,(H,27,28);;;1H2/q;2*+1;. The van der Waals surface area contributed by atoms with Gasteiger partial charge in [-0.15, -0.1) is 0 Å². The average molecular weight is 900 g/mol. The molecule has 0 bridgehead atoms. The number of halogens is 4. The van der Waals surface area contributed by atoms with Gasteiger partial charge in [0.1, 0.15) is 9.32 Å². The van der Waals surface area contributed by atoms with Crippen LogP contribution in [0.1, 0.15) is 10.4 Å². The van der Waals surface area contributed by atoms with Crippen molar-refractivity contribution < 1.29 is 84.0 Å². The normalized spacial score (nSPS) is 10.2. The fourth-order valence-corrected chi connectivity index (χ4v) is 6.75. The van der Waals surface area contributed by atoms with Gasteiger partial charge in [-0.25, -0.2) is 4.79 Å². The molecule has 0 unspecified atom stereocenters. The third-order valence-electron chi connectivity index (χ3n) is 4.45. The summed E-state index contributed by atoms with van der Waals surface area (Å²) in [4.78, 5) is 24.4. The van der Waals surface area contributed by atoms with E-state index in [1.807, 2.05) is 90.4 Å². The second-order valence-corrected chi connectivity index (χ2v) is 10.6. The zero-order valence-electron chi connectivity index (χ0n) is 16.6. The van der Waals surface area contributed by atoms with E-state index in [0.29, 0.717) is 47.7 Å². The Kier molecular flexibility index (Phi) is 12.2. The fourth-order valence-electron chi connectivity index (χ4n) is 3.17. The van der Waals surface area contributed by atoms with E-state index < -0.39 is 5.97 Å². The number of rotatable bonds is 2. The maximum Gasteiger partial charge on any atom is 1.00 e. The van der Waals surface area contributed by atoms with Crippen molar-refractivity contribution >= 4 is 107 Å². The summed E-state index contributed by atoms with van der Waals surface area (Å²) < 4.78 is 8.16. The molecule has 32 heavy (non-hydrogen) atoms. The molecule has 0 amide bonds. The second kappa shape index (κ2) is 12.5. The maximum absolute atomic E-state index is 12.5. The zero-order chi connectivity index (χ0) is 21.0. The van der Waals surface area contributed by atoms with Gasteiger partial charge < -0.3 is 20.1 Å². The molecule has 0 saturated heterocycles. The topological polar surface area (TPSA) is 119 Å². The molecule has 0 atom stereocenters. The summed E-state index contributed by atoms with van der Waals surface area (Å²) in [6.45, 7) is 0. The van der Waals surface area contributed by atoms with E-state index in [9.17, 15) is 19.8 Å². The molecule has 2 aromatic carbocycles. The summed E-state index contributed by atoms with van der Waals surface area (Å²) in [7, 11) is 0. The first-order valence-corrected chi connectivity index (χ1v) is 12.3. The minimum absolute atomic E-state index is 0. The number of aromatic carboxylic acids is 1. The molecule has 0 fully saturated rings. The number of fused-ring (bicyclic) bond motifs is 2. The van der Waals surface area contributed by atoms with Gasteiger partial charge in [-0.1, -0.05) is 18.2 Å². The van der Waals surface area contributed by atoms with Crippen LogP contribution in [0.2, 0.25) is 0 Å². The number of carboxylic acid groups (broad SMARTS) is 1. The van der Waals surface area contributed by atoms with Gasteiger partial charge in [0, 0.05) is 16.5 Å². The van der Waals surface area contributed by atoms with Gasteiger partial charge in [-0.2, -0.15) is 0 Å². The molecule has 1 heterocycles. The largest absolute Gasteiger partial charge is 1.00 e. The molecule has 0 spiro atoms. The van der Waals surface area contributed by atoms with Crippen LogP contribution in [-0.4, -0.2) is 21.7 Å². The Morgan fingerprint density at radius 2 is 1.53 bits per heavy atom. The molecular formula is C20H10I4Na2O6+2. The second-order valence-electron chi connectivity index (χ2n) is 6.10. The average Bonchev–Trinajstić information content (AvgIpc) is 2.69. The Bertz CT molecular complexity index is 1370. The molecule has 4 rings (SSSR count). The van der Waals surface area contributed by atoms with Gasteiger partial charge in [-0.05, 0) is 114 Å². The van der Waals surface area contributed by atoms with Crippen molar-refractivity contribution in [3.05, 3.63) is 66.5 Å². The Morgan fingerprint density at radius 3 is 2.16 bits per heavy atom. The summed E-state index contributed by atoms with van der Waals surface area (Å²) in [5.74, 6) is -0.588. The zero-order valence-corrected chi connectivity index (χ0v) is 29.2. The van der Waals surface area contributed by atoms with Gasteiger partial charge in [0.25, 0.3) is 0 Å². The van der Waals surface area contributed by atoms with E-state index in [4.69, 9.17) is 4.42 Å². The van der Waals surface area contributed by atoms with E-state index in [-0.39, 0.29) is 81.3 Å². The first kappa shape index (κ1) is 31.3. The van der Waals surface area contributed by atoms with E-state index in [1.54, 1.807) is 36.4 Å². The molecule has 4 N–H and O–H groups in total. The van der Waals surface area contributed by atoms with E-state index in [1.165, 1.54) is 0 Å². The summed E-state index contributed by atoms with van der Waals surface area (Å²) in [5.41, 5.74) is 2.24. The first-order chi connectivity index (χ1) is 13.7. The summed E-state index contributed by atoms with van der Waals surface area (Å²) >= 11 is 7.96. The van der Waals surface area contributed by atoms with Gasteiger partial charge in [0.2, 0.25) is 5.43 Å². The fraction of sp³-hybridized carbons (Fsp3) is 0. The minimum atomic E-state index is -1.05. The maximum atomic E-state index is 12.5. The van der Waals surface area contributed by atoms with Crippen molar-refractivity contribution in [1.82, 2.24) is 0 Å². The van der Waals surface area contributed by atoms with Gasteiger partial charge in [0.15, 0.2) is 11.3 Å².